The highest BCUT2D eigenvalue weighted by atomic mass is 32.1. The first kappa shape index (κ1) is 13.5. The average Bonchev–Trinajstić information content (AvgIpc) is 3.29. The molecule has 0 aliphatic rings. The first-order valence-corrected chi connectivity index (χ1v) is 8.56. The molecule has 114 valence electrons. The fourth-order valence-corrected chi connectivity index (χ4v) is 4.10. The van der Waals surface area contributed by atoms with E-state index in [-0.39, 0.29) is 0 Å². The molecule has 2 aromatic carbocycles. The second-order valence-corrected chi connectivity index (χ2v) is 6.76. The fraction of sp³-hybridized carbons (Fsp3) is 0. The number of rotatable bonds is 2. The lowest BCUT2D eigenvalue weighted by Crippen LogP contribution is -1.88. The van der Waals surface area contributed by atoms with Crippen molar-refractivity contribution in [1.29, 1.82) is 0 Å². The van der Waals surface area contributed by atoms with Gasteiger partial charge in [0.05, 0.1) is 12.0 Å². The molecular formula is C20H13N3S. The van der Waals surface area contributed by atoms with E-state index in [0.717, 1.165) is 16.9 Å². The molecule has 3 heterocycles. The van der Waals surface area contributed by atoms with Crippen molar-refractivity contribution in [1.82, 2.24) is 14.5 Å². The normalized spacial score (nSPS) is 11.3. The molecule has 5 rings (SSSR count). The monoisotopic (exact) mass is 327 g/mol. The van der Waals surface area contributed by atoms with Crippen LogP contribution in [0.5, 0.6) is 0 Å². The van der Waals surface area contributed by atoms with Crippen LogP contribution in [0.15, 0.2) is 79.5 Å². The molecule has 0 aliphatic carbocycles. The van der Waals surface area contributed by atoms with Crippen LogP contribution in [0.4, 0.5) is 0 Å². The third-order valence-corrected chi connectivity index (χ3v) is 5.37. The molecule has 24 heavy (non-hydrogen) atoms. The van der Waals surface area contributed by atoms with Crippen LogP contribution >= 0.6 is 11.3 Å². The Balaban J connectivity index is 1.75. The Bertz CT molecular complexity index is 1140. The van der Waals surface area contributed by atoms with Crippen molar-refractivity contribution in [3.8, 4) is 16.9 Å². The van der Waals surface area contributed by atoms with Gasteiger partial charge >= 0.3 is 0 Å². The van der Waals surface area contributed by atoms with Gasteiger partial charge in [-0.1, -0.05) is 12.1 Å². The van der Waals surface area contributed by atoms with Crippen LogP contribution in [-0.4, -0.2) is 14.5 Å². The van der Waals surface area contributed by atoms with Crippen molar-refractivity contribution >= 4 is 31.5 Å². The number of thiophene rings is 1. The van der Waals surface area contributed by atoms with Crippen molar-refractivity contribution in [3.05, 3.63) is 79.5 Å². The van der Waals surface area contributed by atoms with E-state index in [1.54, 1.807) is 6.20 Å². The molecule has 0 bridgehead atoms. The van der Waals surface area contributed by atoms with Gasteiger partial charge in [-0.3, -0.25) is 4.98 Å². The topological polar surface area (TPSA) is 30.7 Å². The lowest BCUT2D eigenvalue weighted by atomic mass is 10.1. The van der Waals surface area contributed by atoms with Crippen molar-refractivity contribution in [2.45, 2.75) is 0 Å². The fourth-order valence-electron chi connectivity index (χ4n) is 3.03. The summed E-state index contributed by atoms with van der Waals surface area (Å²) in [5.74, 6) is 0. The van der Waals surface area contributed by atoms with Gasteiger partial charge in [-0.05, 0) is 42.5 Å². The summed E-state index contributed by atoms with van der Waals surface area (Å²) < 4.78 is 4.63. The smallest absolute Gasteiger partial charge is 0.0991 e. The second-order valence-electron chi connectivity index (χ2n) is 5.68. The molecule has 3 nitrogen and oxygen atoms in total. The second kappa shape index (κ2) is 5.28. The summed E-state index contributed by atoms with van der Waals surface area (Å²) in [5.41, 5.74) is 3.28. The van der Waals surface area contributed by atoms with E-state index in [9.17, 15) is 0 Å². The number of benzene rings is 2. The van der Waals surface area contributed by atoms with Crippen LogP contribution in [-0.2, 0) is 0 Å². The van der Waals surface area contributed by atoms with E-state index >= 15 is 0 Å². The van der Waals surface area contributed by atoms with E-state index in [1.807, 2.05) is 52.8 Å². The molecule has 0 saturated carbocycles. The Hall–Kier alpha value is -2.98. The van der Waals surface area contributed by atoms with Crippen LogP contribution in [0.25, 0.3) is 37.1 Å². The molecule has 0 saturated heterocycles. The molecule has 0 atom stereocenters. The number of nitrogens with zero attached hydrogens (tertiary/aromatic N) is 3. The van der Waals surface area contributed by atoms with E-state index in [0.29, 0.717) is 0 Å². The Morgan fingerprint density at radius 2 is 1.71 bits per heavy atom. The molecule has 3 aromatic heterocycles. The highest BCUT2D eigenvalue weighted by Gasteiger charge is 2.08. The molecule has 0 unspecified atom stereocenters. The largest absolute Gasteiger partial charge is 0.306 e. The number of hydrogen-bond donors (Lipinski definition) is 0. The van der Waals surface area contributed by atoms with Crippen molar-refractivity contribution in [2.75, 3.05) is 0 Å². The van der Waals surface area contributed by atoms with Crippen LogP contribution in [0, 0.1) is 0 Å². The zero-order chi connectivity index (χ0) is 15.9. The Labute approximate surface area is 142 Å². The summed E-state index contributed by atoms with van der Waals surface area (Å²) in [6.45, 7) is 0. The molecule has 4 heteroatoms. The number of hydrogen-bond acceptors (Lipinski definition) is 3. The number of imidazole rings is 1. The van der Waals surface area contributed by atoms with E-state index in [2.05, 4.69) is 46.4 Å². The van der Waals surface area contributed by atoms with Crippen molar-refractivity contribution < 1.29 is 0 Å². The third-order valence-electron chi connectivity index (χ3n) is 4.22. The Morgan fingerprint density at radius 1 is 0.833 bits per heavy atom. The van der Waals surface area contributed by atoms with Gasteiger partial charge in [0.1, 0.15) is 0 Å². The minimum atomic E-state index is 1.00. The van der Waals surface area contributed by atoms with Crippen LogP contribution in [0.3, 0.4) is 0 Å². The minimum Gasteiger partial charge on any atom is -0.306 e. The molecule has 0 aliphatic heterocycles. The quantitative estimate of drug-likeness (QED) is 0.440. The molecular weight excluding hydrogens is 314 g/mol. The zero-order valence-corrected chi connectivity index (χ0v) is 13.6. The van der Waals surface area contributed by atoms with E-state index in [1.165, 1.54) is 20.2 Å². The van der Waals surface area contributed by atoms with Gasteiger partial charge in [-0.15, -0.1) is 11.3 Å². The number of pyridine rings is 1. The van der Waals surface area contributed by atoms with E-state index in [4.69, 9.17) is 0 Å². The predicted octanol–water partition coefficient (Wildman–Crippen LogP) is 5.30. The van der Waals surface area contributed by atoms with Crippen LogP contribution < -0.4 is 0 Å². The number of fused-ring (bicyclic) bond motifs is 3. The third kappa shape index (κ3) is 2.12. The van der Waals surface area contributed by atoms with E-state index < -0.39 is 0 Å². The molecule has 0 N–H and O–H groups in total. The van der Waals surface area contributed by atoms with Gasteiger partial charge in [0.15, 0.2) is 0 Å². The molecule has 5 aromatic rings. The predicted molar refractivity (Wildman–Crippen MR) is 99.7 cm³/mol. The maximum absolute atomic E-state index is 4.47. The summed E-state index contributed by atoms with van der Waals surface area (Å²) >= 11 is 1.83. The SMILES string of the molecule is c1ccc(-c2ccc3sc4ccc(-n5ccnc5)cc4c3c2)nc1. The Kier molecular flexibility index (Phi) is 2.96. The molecule has 0 radical (unpaired) electrons. The maximum Gasteiger partial charge on any atom is 0.0991 e. The van der Waals surface area contributed by atoms with Gasteiger partial charge in [0, 0.05) is 50.0 Å². The van der Waals surface area contributed by atoms with Gasteiger partial charge in [-0.2, -0.15) is 0 Å². The van der Waals surface area contributed by atoms with Crippen molar-refractivity contribution in [3.63, 3.8) is 0 Å². The maximum atomic E-state index is 4.47. The first-order valence-electron chi connectivity index (χ1n) is 7.74. The average molecular weight is 327 g/mol. The highest BCUT2D eigenvalue weighted by Crippen LogP contribution is 2.37. The standard InChI is InChI=1S/C20H13N3S/c1-2-8-22-18(3-1)14-4-6-19-16(11-14)17-12-15(5-7-20(17)24-19)23-10-9-21-13-23/h1-13H. The van der Waals surface area contributed by atoms with Crippen molar-refractivity contribution in [2.24, 2.45) is 0 Å². The van der Waals surface area contributed by atoms with Crippen LogP contribution in [0.1, 0.15) is 0 Å². The Morgan fingerprint density at radius 3 is 2.50 bits per heavy atom. The molecule has 0 spiro atoms. The lowest BCUT2D eigenvalue weighted by molar-refractivity contribution is 1.06. The van der Waals surface area contributed by atoms with Gasteiger partial charge in [-0.25, -0.2) is 4.98 Å². The minimum absolute atomic E-state index is 1.00. The molecule has 0 amide bonds. The summed E-state index contributed by atoms with van der Waals surface area (Å²) in [5, 5.41) is 2.55. The van der Waals surface area contributed by atoms with Gasteiger partial charge in [0.25, 0.3) is 0 Å². The lowest BCUT2D eigenvalue weighted by Gasteiger charge is -2.03. The highest BCUT2D eigenvalue weighted by molar-refractivity contribution is 7.25. The summed E-state index contributed by atoms with van der Waals surface area (Å²) in [6, 6.07) is 19.2. The summed E-state index contributed by atoms with van der Waals surface area (Å²) in [4.78, 5) is 8.61. The molecule has 0 fully saturated rings. The van der Waals surface area contributed by atoms with Gasteiger partial charge in [0.2, 0.25) is 0 Å². The summed E-state index contributed by atoms with van der Waals surface area (Å²) in [6.07, 6.45) is 7.43. The zero-order valence-electron chi connectivity index (χ0n) is 12.8. The summed E-state index contributed by atoms with van der Waals surface area (Å²) in [7, 11) is 0. The van der Waals surface area contributed by atoms with Gasteiger partial charge < -0.3 is 4.57 Å². The first-order chi connectivity index (χ1) is 11.9. The van der Waals surface area contributed by atoms with Crippen LogP contribution in [0.2, 0.25) is 0 Å². The number of aromatic nitrogens is 3.